The molecule has 0 N–H and O–H groups in total. The Kier molecular flexibility index (Phi) is 5.00. The second kappa shape index (κ2) is 6.74. The SMILES string of the molecule is CC(C)c1cccc(OCCCN2CCCC2)n1. The molecule has 1 aliphatic heterocycles. The zero-order valence-corrected chi connectivity index (χ0v) is 11.6. The molecular weight excluding hydrogens is 224 g/mol. The van der Waals surface area contributed by atoms with Crippen molar-refractivity contribution in [3.63, 3.8) is 0 Å². The van der Waals surface area contributed by atoms with Crippen LogP contribution in [-0.4, -0.2) is 36.1 Å². The van der Waals surface area contributed by atoms with E-state index in [2.05, 4.69) is 29.8 Å². The predicted molar refractivity (Wildman–Crippen MR) is 74.1 cm³/mol. The van der Waals surface area contributed by atoms with E-state index in [4.69, 9.17) is 4.74 Å². The number of hydrogen-bond donors (Lipinski definition) is 0. The Morgan fingerprint density at radius 1 is 1.28 bits per heavy atom. The maximum Gasteiger partial charge on any atom is 0.213 e. The summed E-state index contributed by atoms with van der Waals surface area (Å²) in [5, 5.41) is 0. The van der Waals surface area contributed by atoms with E-state index in [1.807, 2.05) is 12.1 Å². The lowest BCUT2D eigenvalue weighted by Gasteiger charge is -2.14. The maximum absolute atomic E-state index is 5.72. The zero-order chi connectivity index (χ0) is 12.8. The van der Waals surface area contributed by atoms with Gasteiger partial charge < -0.3 is 9.64 Å². The summed E-state index contributed by atoms with van der Waals surface area (Å²) in [7, 11) is 0. The lowest BCUT2D eigenvalue weighted by atomic mass is 10.1. The van der Waals surface area contributed by atoms with Crippen molar-refractivity contribution in [2.75, 3.05) is 26.2 Å². The number of likely N-dealkylation sites (tertiary alicyclic amines) is 1. The quantitative estimate of drug-likeness (QED) is 0.723. The molecular formula is C15H24N2O. The fourth-order valence-electron chi connectivity index (χ4n) is 2.30. The molecule has 3 nitrogen and oxygen atoms in total. The summed E-state index contributed by atoms with van der Waals surface area (Å²) < 4.78 is 5.72. The predicted octanol–water partition coefficient (Wildman–Crippen LogP) is 3.07. The van der Waals surface area contributed by atoms with E-state index in [0.717, 1.165) is 31.1 Å². The molecule has 1 saturated heterocycles. The van der Waals surface area contributed by atoms with Crippen LogP contribution < -0.4 is 4.74 Å². The Labute approximate surface area is 110 Å². The molecule has 0 spiro atoms. The Bertz CT molecular complexity index is 359. The number of ether oxygens (including phenoxy) is 1. The van der Waals surface area contributed by atoms with E-state index in [1.54, 1.807) is 0 Å². The van der Waals surface area contributed by atoms with E-state index in [9.17, 15) is 0 Å². The van der Waals surface area contributed by atoms with Crippen LogP contribution in [0.5, 0.6) is 5.88 Å². The van der Waals surface area contributed by atoms with Crippen LogP contribution >= 0.6 is 0 Å². The van der Waals surface area contributed by atoms with Gasteiger partial charge in [-0.2, -0.15) is 0 Å². The lowest BCUT2D eigenvalue weighted by Crippen LogP contribution is -2.22. The molecule has 0 amide bonds. The van der Waals surface area contributed by atoms with E-state index >= 15 is 0 Å². The normalized spacial score (nSPS) is 16.4. The van der Waals surface area contributed by atoms with Gasteiger partial charge in [0.2, 0.25) is 5.88 Å². The minimum Gasteiger partial charge on any atom is -0.478 e. The molecule has 2 heterocycles. The van der Waals surface area contributed by atoms with Gasteiger partial charge in [-0.25, -0.2) is 4.98 Å². The summed E-state index contributed by atoms with van der Waals surface area (Å²) in [5.74, 6) is 1.22. The Balaban J connectivity index is 1.70. The number of nitrogens with zero attached hydrogens (tertiary/aromatic N) is 2. The van der Waals surface area contributed by atoms with E-state index in [0.29, 0.717) is 5.92 Å². The van der Waals surface area contributed by atoms with Gasteiger partial charge in [-0.3, -0.25) is 0 Å². The molecule has 0 radical (unpaired) electrons. The number of rotatable bonds is 6. The number of aromatic nitrogens is 1. The van der Waals surface area contributed by atoms with E-state index < -0.39 is 0 Å². The first-order chi connectivity index (χ1) is 8.75. The second-order valence-electron chi connectivity index (χ2n) is 5.31. The molecule has 0 unspecified atom stereocenters. The van der Waals surface area contributed by atoms with Crippen LogP contribution in [0.4, 0.5) is 0 Å². The highest BCUT2D eigenvalue weighted by Gasteiger charge is 2.10. The molecule has 0 atom stereocenters. The van der Waals surface area contributed by atoms with Crippen LogP contribution in [0.1, 0.15) is 44.7 Å². The molecule has 0 bridgehead atoms. The topological polar surface area (TPSA) is 25.4 Å². The van der Waals surface area contributed by atoms with E-state index in [-0.39, 0.29) is 0 Å². The molecule has 1 aliphatic rings. The van der Waals surface area contributed by atoms with Gasteiger partial charge in [0.05, 0.1) is 6.61 Å². The summed E-state index contributed by atoms with van der Waals surface area (Å²) in [5.41, 5.74) is 1.10. The average Bonchev–Trinajstić information content (AvgIpc) is 2.88. The third-order valence-electron chi connectivity index (χ3n) is 3.40. The minimum absolute atomic E-state index is 0.457. The first-order valence-corrected chi connectivity index (χ1v) is 7.08. The summed E-state index contributed by atoms with van der Waals surface area (Å²) in [6.07, 6.45) is 3.81. The molecule has 0 saturated carbocycles. The highest BCUT2D eigenvalue weighted by atomic mass is 16.5. The van der Waals surface area contributed by atoms with Crippen LogP contribution in [0.15, 0.2) is 18.2 Å². The molecule has 1 aromatic heterocycles. The molecule has 1 fully saturated rings. The van der Waals surface area contributed by atoms with Crippen molar-refractivity contribution in [3.05, 3.63) is 23.9 Å². The van der Waals surface area contributed by atoms with E-state index in [1.165, 1.54) is 25.9 Å². The van der Waals surface area contributed by atoms with Gasteiger partial charge in [0.1, 0.15) is 0 Å². The smallest absolute Gasteiger partial charge is 0.213 e. The fourth-order valence-corrected chi connectivity index (χ4v) is 2.30. The van der Waals surface area contributed by atoms with Crippen molar-refractivity contribution in [2.45, 2.75) is 39.0 Å². The van der Waals surface area contributed by atoms with Crippen LogP contribution in [0.25, 0.3) is 0 Å². The molecule has 100 valence electrons. The molecule has 0 aromatic carbocycles. The number of hydrogen-bond acceptors (Lipinski definition) is 3. The standard InChI is InChI=1S/C15H24N2O/c1-13(2)14-7-5-8-15(16-14)18-12-6-11-17-9-3-4-10-17/h5,7-8,13H,3-4,6,9-12H2,1-2H3. The van der Waals surface area contributed by atoms with Crippen molar-refractivity contribution >= 4 is 0 Å². The van der Waals surface area contributed by atoms with Gasteiger partial charge in [0.25, 0.3) is 0 Å². The van der Waals surface area contributed by atoms with Crippen LogP contribution in [0.2, 0.25) is 0 Å². The van der Waals surface area contributed by atoms with Crippen molar-refractivity contribution in [1.82, 2.24) is 9.88 Å². The van der Waals surface area contributed by atoms with Gasteiger partial charge in [-0.1, -0.05) is 19.9 Å². The first kappa shape index (κ1) is 13.3. The van der Waals surface area contributed by atoms with Gasteiger partial charge >= 0.3 is 0 Å². The first-order valence-electron chi connectivity index (χ1n) is 7.08. The van der Waals surface area contributed by atoms with Gasteiger partial charge in [0.15, 0.2) is 0 Å². The fraction of sp³-hybridized carbons (Fsp3) is 0.667. The Hall–Kier alpha value is -1.09. The largest absolute Gasteiger partial charge is 0.478 e. The number of pyridine rings is 1. The van der Waals surface area contributed by atoms with Crippen molar-refractivity contribution in [3.8, 4) is 5.88 Å². The molecule has 0 aliphatic carbocycles. The maximum atomic E-state index is 5.72. The Morgan fingerprint density at radius 2 is 2.06 bits per heavy atom. The highest BCUT2D eigenvalue weighted by molar-refractivity contribution is 5.17. The molecule has 2 rings (SSSR count). The lowest BCUT2D eigenvalue weighted by molar-refractivity contribution is 0.256. The van der Waals surface area contributed by atoms with Crippen molar-refractivity contribution in [2.24, 2.45) is 0 Å². The molecule has 18 heavy (non-hydrogen) atoms. The average molecular weight is 248 g/mol. The van der Waals surface area contributed by atoms with Gasteiger partial charge in [-0.15, -0.1) is 0 Å². The van der Waals surface area contributed by atoms with Crippen LogP contribution in [-0.2, 0) is 0 Å². The highest BCUT2D eigenvalue weighted by Crippen LogP contribution is 2.15. The van der Waals surface area contributed by atoms with Crippen LogP contribution in [0.3, 0.4) is 0 Å². The summed E-state index contributed by atoms with van der Waals surface area (Å²) >= 11 is 0. The van der Waals surface area contributed by atoms with Crippen molar-refractivity contribution in [1.29, 1.82) is 0 Å². The minimum atomic E-state index is 0.457. The zero-order valence-electron chi connectivity index (χ0n) is 11.6. The summed E-state index contributed by atoms with van der Waals surface area (Å²) in [6, 6.07) is 6.03. The second-order valence-corrected chi connectivity index (χ2v) is 5.31. The Morgan fingerprint density at radius 3 is 2.78 bits per heavy atom. The third-order valence-corrected chi connectivity index (χ3v) is 3.40. The van der Waals surface area contributed by atoms with Crippen molar-refractivity contribution < 1.29 is 4.74 Å². The molecule has 3 heteroatoms. The van der Waals surface area contributed by atoms with Gasteiger partial charge in [0, 0.05) is 18.3 Å². The monoisotopic (exact) mass is 248 g/mol. The summed E-state index contributed by atoms with van der Waals surface area (Å²) in [4.78, 5) is 7.02. The summed E-state index contributed by atoms with van der Waals surface area (Å²) in [6.45, 7) is 8.76. The molecule has 1 aromatic rings. The van der Waals surface area contributed by atoms with Gasteiger partial charge in [-0.05, 0) is 44.3 Å². The third kappa shape index (κ3) is 3.98. The van der Waals surface area contributed by atoms with Crippen LogP contribution in [0, 0.1) is 0 Å².